The third-order valence-corrected chi connectivity index (χ3v) is 4.98. The van der Waals surface area contributed by atoms with Crippen molar-refractivity contribution in [2.75, 3.05) is 18.4 Å². The maximum Gasteiger partial charge on any atom is 0.0345 e. The Morgan fingerprint density at radius 1 is 1.14 bits per heavy atom. The van der Waals surface area contributed by atoms with Crippen LogP contribution in [-0.2, 0) is 6.54 Å². The second-order valence-corrected chi connectivity index (χ2v) is 6.49. The van der Waals surface area contributed by atoms with Gasteiger partial charge in [-0.3, -0.25) is 4.90 Å². The molecule has 1 aromatic carbocycles. The lowest BCUT2D eigenvalue weighted by molar-refractivity contribution is 0.296. The van der Waals surface area contributed by atoms with Gasteiger partial charge in [-0.15, -0.1) is 0 Å². The van der Waals surface area contributed by atoms with Crippen molar-refractivity contribution in [2.24, 2.45) is 5.92 Å². The van der Waals surface area contributed by atoms with Crippen LogP contribution < -0.4 is 5.32 Å². The molecule has 1 aliphatic carbocycles. The molecule has 0 heterocycles. The van der Waals surface area contributed by atoms with E-state index in [0.29, 0.717) is 6.04 Å². The van der Waals surface area contributed by atoms with Crippen molar-refractivity contribution in [1.82, 2.24) is 4.90 Å². The summed E-state index contributed by atoms with van der Waals surface area (Å²) in [5, 5.41) is 3.74. The predicted molar refractivity (Wildman–Crippen MR) is 92.7 cm³/mol. The molecule has 0 aliphatic heterocycles. The number of benzene rings is 1. The summed E-state index contributed by atoms with van der Waals surface area (Å²) in [6, 6.07) is 9.57. The minimum absolute atomic E-state index is 0.592. The van der Waals surface area contributed by atoms with E-state index in [-0.39, 0.29) is 0 Å². The first-order chi connectivity index (χ1) is 10.2. The third kappa shape index (κ3) is 5.03. The second kappa shape index (κ2) is 8.43. The zero-order valence-corrected chi connectivity index (χ0v) is 14.1. The molecule has 0 bridgehead atoms. The number of hydrogen-bond acceptors (Lipinski definition) is 2. The van der Waals surface area contributed by atoms with Gasteiger partial charge in [-0.25, -0.2) is 0 Å². The highest BCUT2D eigenvalue weighted by Crippen LogP contribution is 2.28. The van der Waals surface area contributed by atoms with Crippen molar-refractivity contribution in [1.29, 1.82) is 0 Å². The Balaban J connectivity index is 1.93. The smallest absolute Gasteiger partial charge is 0.0345 e. The summed E-state index contributed by atoms with van der Waals surface area (Å²) in [5.74, 6) is 0.852. The first-order valence-electron chi connectivity index (χ1n) is 8.80. The van der Waals surface area contributed by atoms with E-state index in [0.717, 1.165) is 25.6 Å². The van der Waals surface area contributed by atoms with Gasteiger partial charge in [-0.05, 0) is 56.5 Å². The van der Waals surface area contributed by atoms with Crippen LogP contribution in [0.5, 0.6) is 0 Å². The van der Waals surface area contributed by atoms with E-state index in [2.05, 4.69) is 55.3 Å². The Bertz CT molecular complexity index is 406. The zero-order chi connectivity index (χ0) is 15.1. The van der Waals surface area contributed by atoms with Crippen molar-refractivity contribution in [3.05, 3.63) is 29.8 Å². The molecule has 1 fully saturated rings. The van der Waals surface area contributed by atoms with Crippen LogP contribution in [0.25, 0.3) is 0 Å². The summed E-state index contributed by atoms with van der Waals surface area (Å²) in [7, 11) is 0. The fourth-order valence-corrected chi connectivity index (χ4v) is 3.48. The molecule has 1 aromatic rings. The fourth-order valence-electron chi connectivity index (χ4n) is 3.48. The number of rotatable bonds is 7. The molecule has 118 valence electrons. The molecular formula is C19H32N2. The Labute approximate surface area is 130 Å². The van der Waals surface area contributed by atoms with Crippen LogP contribution >= 0.6 is 0 Å². The van der Waals surface area contributed by atoms with Crippen molar-refractivity contribution in [3.63, 3.8) is 0 Å². The quantitative estimate of drug-likeness (QED) is 0.767. The highest BCUT2D eigenvalue weighted by atomic mass is 15.1. The summed E-state index contributed by atoms with van der Waals surface area (Å²) < 4.78 is 0. The average molecular weight is 288 g/mol. The molecule has 0 radical (unpaired) electrons. The Morgan fingerprint density at radius 3 is 2.52 bits per heavy atom. The minimum atomic E-state index is 0.592. The SMILES string of the molecule is CCN(CC)Cc1cccc(NC(C)C2CCCCC2)c1. The lowest BCUT2D eigenvalue weighted by atomic mass is 9.84. The van der Waals surface area contributed by atoms with Crippen molar-refractivity contribution >= 4 is 5.69 Å². The van der Waals surface area contributed by atoms with E-state index in [1.54, 1.807) is 0 Å². The fraction of sp³-hybridized carbons (Fsp3) is 0.684. The van der Waals surface area contributed by atoms with Gasteiger partial charge in [0.2, 0.25) is 0 Å². The van der Waals surface area contributed by atoms with Gasteiger partial charge in [0.1, 0.15) is 0 Å². The van der Waals surface area contributed by atoms with E-state index in [9.17, 15) is 0 Å². The maximum absolute atomic E-state index is 3.74. The Hall–Kier alpha value is -1.02. The minimum Gasteiger partial charge on any atom is -0.382 e. The number of hydrogen-bond donors (Lipinski definition) is 1. The van der Waals surface area contributed by atoms with Gasteiger partial charge < -0.3 is 5.32 Å². The van der Waals surface area contributed by atoms with Gasteiger partial charge in [0.05, 0.1) is 0 Å². The Kier molecular flexibility index (Phi) is 6.56. The lowest BCUT2D eigenvalue weighted by Gasteiger charge is -2.29. The van der Waals surface area contributed by atoms with Crippen LogP contribution in [0.4, 0.5) is 5.69 Å². The first kappa shape index (κ1) is 16.4. The molecule has 1 unspecified atom stereocenters. The number of nitrogens with zero attached hydrogens (tertiary/aromatic N) is 1. The van der Waals surface area contributed by atoms with Gasteiger partial charge in [-0.1, -0.05) is 45.2 Å². The average Bonchev–Trinajstić information content (AvgIpc) is 2.53. The van der Waals surface area contributed by atoms with E-state index in [1.807, 2.05) is 0 Å². The highest BCUT2D eigenvalue weighted by Gasteiger charge is 2.19. The molecule has 2 heteroatoms. The molecule has 0 spiro atoms. The van der Waals surface area contributed by atoms with Crippen molar-refractivity contribution in [2.45, 2.75) is 65.5 Å². The van der Waals surface area contributed by atoms with Crippen molar-refractivity contribution < 1.29 is 0 Å². The molecule has 1 N–H and O–H groups in total. The summed E-state index contributed by atoms with van der Waals surface area (Å²) >= 11 is 0. The predicted octanol–water partition coefficient (Wildman–Crippen LogP) is 4.91. The summed E-state index contributed by atoms with van der Waals surface area (Å²) in [6.45, 7) is 10.1. The van der Waals surface area contributed by atoms with Gasteiger partial charge in [0, 0.05) is 18.3 Å². The van der Waals surface area contributed by atoms with E-state index >= 15 is 0 Å². The van der Waals surface area contributed by atoms with Crippen molar-refractivity contribution in [3.8, 4) is 0 Å². The molecule has 0 saturated heterocycles. The van der Waals surface area contributed by atoms with Crippen LogP contribution in [-0.4, -0.2) is 24.0 Å². The molecule has 2 nitrogen and oxygen atoms in total. The maximum atomic E-state index is 3.74. The molecule has 0 aromatic heterocycles. The van der Waals surface area contributed by atoms with Gasteiger partial charge in [-0.2, -0.15) is 0 Å². The third-order valence-electron chi connectivity index (χ3n) is 4.98. The summed E-state index contributed by atoms with van der Waals surface area (Å²) in [4.78, 5) is 2.46. The summed E-state index contributed by atoms with van der Waals surface area (Å²) in [5.41, 5.74) is 2.71. The monoisotopic (exact) mass is 288 g/mol. The lowest BCUT2D eigenvalue weighted by Crippen LogP contribution is -2.27. The molecule has 1 aliphatic rings. The molecular weight excluding hydrogens is 256 g/mol. The van der Waals surface area contributed by atoms with Gasteiger partial charge >= 0.3 is 0 Å². The van der Waals surface area contributed by atoms with Gasteiger partial charge in [0.15, 0.2) is 0 Å². The normalized spacial score (nSPS) is 17.9. The molecule has 1 saturated carbocycles. The van der Waals surface area contributed by atoms with E-state index in [1.165, 1.54) is 43.4 Å². The largest absolute Gasteiger partial charge is 0.382 e. The first-order valence-corrected chi connectivity index (χ1v) is 8.80. The van der Waals surface area contributed by atoms with Crippen LogP contribution in [0, 0.1) is 5.92 Å². The van der Waals surface area contributed by atoms with Crippen LogP contribution in [0.15, 0.2) is 24.3 Å². The van der Waals surface area contributed by atoms with Crippen LogP contribution in [0.2, 0.25) is 0 Å². The van der Waals surface area contributed by atoms with Gasteiger partial charge in [0.25, 0.3) is 0 Å². The molecule has 21 heavy (non-hydrogen) atoms. The zero-order valence-electron chi connectivity index (χ0n) is 14.1. The highest BCUT2D eigenvalue weighted by molar-refractivity contribution is 5.46. The van der Waals surface area contributed by atoms with Crippen LogP contribution in [0.1, 0.15) is 58.4 Å². The standard InChI is InChI=1S/C19H32N2/c1-4-21(5-2)15-17-10-9-13-19(14-17)20-16(3)18-11-7-6-8-12-18/h9-10,13-14,16,18,20H,4-8,11-12,15H2,1-3H3. The molecule has 0 amide bonds. The summed E-state index contributed by atoms with van der Waals surface area (Å²) in [6.07, 6.45) is 7.06. The number of nitrogens with one attached hydrogen (secondary N) is 1. The Morgan fingerprint density at radius 2 is 1.86 bits per heavy atom. The second-order valence-electron chi connectivity index (χ2n) is 6.49. The van der Waals surface area contributed by atoms with E-state index < -0.39 is 0 Å². The van der Waals surface area contributed by atoms with Crippen LogP contribution in [0.3, 0.4) is 0 Å². The van der Waals surface area contributed by atoms with E-state index in [4.69, 9.17) is 0 Å². The molecule has 1 atom stereocenters. The topological polar surface area (TPSA) is 15.3 Å². The number of anilines is 1. The molecule has 2 rings (SSSR count).